The zero-order valence-corrected chi connectivity index (χ0v) is 11.6. The first-order valence-corrected chi connectivity index (χ1v) is 7.92. The van der Waals surface area contributed by atoms with Crippen LogP contribution in [-0.4, -0.2) is 33.0 Å². The van der Waals surface area contributed by atoms with Gasteiger partial charge in [0.15, 0.2) is 18.5 Å². The first-order chi connectivity index (χ1) is 9.40. The highest BCUT2D eigenvalue weighted by Crippen LogP contribution is 2.47. The Labute approximate surface area is 117 Å². The minimum absolute atomic E-state index is 0.0882. The molecule has 1 aromatic heterocycles. The molecule has 3 heterocycles. The van der Waals surface area contributed by atoms with Crippen molar-refractivity contribution in [3.8, 4) is 0 Å². The number of aromatic nitrogens is 2. The minimum Gasteiger partial charge on any atom is -0.384 e. The van der Waals surface area contributed by atoms with Crippen molar-refractivity contribution < 1.29 is 23.3 Å². The minimum atomic E-state index is -2.39. The second kappa shape index (κ2) is 4.74. The molecule has 0 aromatic carbocycles. The number of fused-ring (bicyclic) bond motifs is 4. The largest absolute Gasteiger partial charge is 0.582 e. The van der Waals surface area contributed by atoms with Crippen LogP contribution in [0.3, 0.4) is 0 Å². The lowest BCUT2D eigenvalue weighted by molar-refractivity contribution is -0.111. The summed E-state index contributed by atoms with van der Waals surface area (Å²) in [7, 11) is -2.39. The summed E-state index contributed by atoms with van der Waals surface area (Å²) in [5, 5.41) is 10.2. The number of anilines is 1. The maximum Gasteiger partial charge on any atom is 0.582 e. The van der Waals surface area contributed by atoms with E-state index in [0.29, 0.717) is 0 Å². The highest BCUT2D eigenvalue weighted by molar-refractivity contribution is 8.39. The second-order valence-corrected chi connectivity index (χ2v) is 6.11. The molecular weight excluding hydrogens is 312 g/mol. The average molecular weight is 322 g/mol. The van der Waals surface area contributed by atoms with Gasteiger partial charge in [-0.3, -0.25) is 4.57 Å². The van der Waals surface area contributed by atoms with E-state index in [1.54, 1.807) is 0 Å². The molecule has 5 unspecified atom stereocenters. The van der Waals surface area contributed by atoms with Crippen molar-refractivity contribution in [2.24, 2.45) is 0 Å². The summed E-state index contributed by atoms with van der Waals surface area (Å²) in [6, 6.07) is 1.27. The van der Waals surface area contributed by atoms with Gasteiger partial charge in [-0.2, -0.15) is 4.98 Å². The van der Waals surface area contributed by atoms with Gasteiger partial charge >= 0.3 is 12.9 Å². The number of nitrogens with zero attached hydrogens (tertiary/aromatic N) is 2. The molecule has 8 nitrogen and oxygen atoms in total. The smallest absolute Gasteiger partial charge is 0.384 e. The number of aliphatic hydroxyl groups excluding tert-OH is 1. The van der Waals surface area contributed by atoms with Crippen LogP contribution in [-0.2, 0) is 13.8 Å². The first-order valence-electron chi connectivity index (χ1n) is 5.59. The van der Waals surface area contributed by atoms with Crippen LogP contribution < -0.4 is 11.4 Å². The van der Waals surface area contributed by atoms with Gasteiger partial charge in [-0.05, 0) is 4.57 Å². The molecule has 6 atom stereocenters. The molecular formula is C9H10FN3O5PS+. The molecule has 1 aromatic rings. The molecule has 108 valence electrons. The maximum atomic E-state index is 14.3. The van der Waals surface area contributed by atoms with Gasteiger partial charge in [0, 0.05) is 6.07 Å². The van der Waals surface area contributed by atoms with Crippen LogP contribution in [0.15, 0.2) is 10.9 Å². The summed E-state index contributed by atoms with van der Waals surface area (Å²) < 4.78 is 36.3. The van der Waals surface area contributed by atoms with E-state index in [2.05, 4.69) is 17.2 Å². The number of nitrogen functional groups attached to an aromatic ring is 1. The van der Waals surface area contributed by atoms with E-state index in [9.17, 15) is 18.9 Å². The molecule has 0 saturated carbocycles. The molecule has 1 fully saturated rings. The lowest BCUT2D eigenvalue weighted by atomic mass is 10.1. The zero-order valence-electron chi connectivity index (χ0n) is 9.79. The van der Waals surface area contributed by atoms with Crippen molar-refractivity contribution >= 4 is 25.3 Å². The summed E-state index contributed by atoms with van der Waals surface area (Å²) in [6.45, 7) is 0. The highest BCUT2D eigenvalue weighted by Gasteiger charge is 2.57. The molecule has 20 heavy (non-hydrogen) atoms. The van der Waals surface area contributed by atoms with Crippen LogP contribution in [0.4, 0.5) is 10.2 Å². The van der Waals surface area contributed by atoms with Crippen LogP contribution in [0.2, 0.25) is 0 Å². The van der Waals surface area contributed by atoms with Crippen LogP contribution in [0.1, 0.15) is 18.0 Å². The predicted molar refractivity (Wildman–Crippen MR) is 68.1 cm³/mol. The SMILES string of the molecule is Nc1cc2n(c(=O)n1)C1OC(C(O[P+](=O)S)C1F)[C@@H]2O. The normalized spacial score (nSPS) is 35.8. The molecule has 3 N–H and O–H groups in total. The molecule has 0 amide bonds. The summed E-state index contributed by atoms with van der Waals surface area (Å²) in [4.78, 5) is 15.3. The molecule has 0 aliphatic carbocycles. The monoisotopic (exact) mass is 322 g/mol. The third-order valence-corrected chi connectivity index (χ3v) is 4.00. The number of nitrogens with two attached hydrogens (primary N) is 1. The third kappa shape index (κ3) is 1.95. The van der Waals surface area contributed by atoms with E-state index < -0.39 is 43.6 Å². The summed E-state index contributed by atoms with van der Waals surface area (Å²) in [6.07, 6.45) is -6.82. The van der Waals surface area contributed by atoms with Crippen molar-refractivity contribution in [1.82, 2.24) is 9.55 Å². The molecule has 11 heteroatoms. The average Bonchev–Trinajstić information content (AvgIpc) is 2.62. The highest BCUT2D eigenvalue weighted by atomic mass is 32.7. The lowest BCUT2D eigenvalue weighted by Gasteiger charge is -2.29. The second-order valence-electron chi connectivity index (χ2n) is 4.45. The molecule has 0 radical (unpaired) electrons. The third-order valence-electron chi connectivity index (χ3n) is 3.29. The predicted octanol–water partition coefficient (Wildman–Crippen LogP) is 0.0804. The number of rotatable bonds is 2. The van der Waals surface area contributed by atoms with Crippen LogP contribution in [0.25, 0.3) is 0 Å². The van der Waals surface area contributed by atoms with Crippen molar-refractivity contribution in [2.45, 2.75) is 30.7 Å². The molecule has 2 bridgehead atoms. The van der Waals surface area contributed by atoms with Gasteiger partial charge in [0.05, 0.1) is 5.69 Å². The Morgan fingerprint density at radius 2 is 2.35 bits per heavy atom. The topological polar surface area (TPSA) is 117 Å². The van der Waals surface area contributed by atoms with Crippen molar-refractivity contribution in [1.29, 1.82) is 0 Å². The van der Waals surface area contributed by atoms with E-state index in [1.165, 1.54) is 6.07 Å². The van der Waals surface area contributed by atoms with Crippen LogP contribution >= 0.6 is 19.5 Å². The lowest BCUT2D eigenvalue weighted by Crippen LogP contribution is -2.39. The van der Waals surface area contributed by atoms with Gasteiger partial charge in [-0.1, -0.05) is 0 Å². The van der Waals surface area contributed by atoms with Gasteiger partial charge in [0.2, 0.25) is 0 Å². The Morgan fingerprint density at radius 3 is 3.00 bits per heavy atom. The van der Waals surface area contributed by atoms with E-state index >= 15 is 0 Å². The van der Waals surface area contributed by atoms with Gasteiger partial charge < -0.3 is 15.6 Å². The molecule has 2 aliphatic heterocycles. The van der Waals surface area contributed by atoms with Gasteiger partial charge in [-0.25, -0.2) is 9.18 Å². The Hall–Kier alpha value is -1.06. The van der Waals surface area contributed by atoms with Gasteiger partial charge in [-0.15, -0.1) is 4.52 Å². The fraction of sp³-hybridized carbons (Fsp3) is 0.556. The van der Waals surface area contributed by atoms with Crippen LogP contribution in [0.5, 0.6) is 0 Å². The van der Waals surface area contributed by atoms with E-state index in [4.69, 9.17) is 15.0 Å². The zero-order chi connectivity index (χ0) is 14.6. The molecule has 2 aliphatic rings. The van der Waals surface area contributed by atoms with Gasteiger partial charge in [0.1, 0.15) is 30.3 Å². The number of alkyl halides is 1. The molecule has 1 saturated heterocycles. The molecule has 3 rings (SSSR count). The Bertz CT molecular complexity index is 642. The van der Waals surface area contributed by atoms with E-state index in [0.717, 1.165) is 4.57 Å². The Morgan fingerprint density at radius 1 is 1.65 bits per heavy atom. The van der Waals surface area contributed by atoms with Crippen molar-refractivity contribution in [3.05, 3.63) is 22.2 Å². The molecule has 0 spiro atoms. The summed E-state index contributed by atoms with van der Waals surface area (Å²) in [5.74, 6) is -0.0882. The number of halogens is 1. The fourth-order valence-corrected chi connectivity index (χ4v) is 3.29. The van der Waals surface area contributed by atoms with Crippen LogP contribution in [0, 0.1) is 0 Å². The summed E-state index contributed by atoms with van der Waals surface area (Å²) in [5.41, 5.74) is 4.70. The summed E-state index contributed by atoms with van der Waals surface area (Å²) >= 11 is 3.55. The van der Waals surface area contributed by atoms with Gasteiger partial charge in [0.25, 0.3) is 0 Å². The Balaban J connectivity index is 2.10. The fourth-order valence-electron chi connectivity index (χ4n) is 2.52. The van der Waals surface area contributed by atoms with Crippen molar-refractivity contribution in [3.63, 3.8) is 0 Å². The first kappa shape index (κ1) is 13.9. The van der Waals surface area contributed by atoms with E-state index in [1.807, 2.05) is 0 Å². The number of thiol groups is 1. The van der Waals surface area contributed by atoms with Crippen molar-refractivity contribution in [2.75, 3.05) is 5.73 Å². The number of hydrogen-bond acceptors (Lipinski definition) is 7. The number of ether oxygens (including phenoxy) is 1. The number of aliphatic hydroxyl groups is 1. The standard InChI is InChI=1S/C9H9FN3O5PS/c10-4-6(18-19(16)20)7-5(14)2-1-3(11)12-9(15)13(2)8(4)17-7/h1,4-8,14H,(H2-,11,12,15,16,20)/p+1/t4?,5-,6?,7?,8?/m1/s1. The quantitative estimate of drug-likeness (QED) is 0.521. The number of hydrogen-bond donors (Lipinski definition) is 3. The maximum absolute atomic E-state index is 14.3. The Kier molecular flexibility index (Phi) is 3.30. The van der Waals surface area contributed by atoms with E-state index in [-0.39, 0.29) is 11.5 Å².